The molecule has 178 valence electrons. The van der Waals surface area contributed by atoms with Crippen molar-refractivity contribution in [3.05, 3.63) is 58.0 Å². The number of furan rings is 1. The number of carbonyl (C=O) groups excluding carboxylic acids is 3. The van der Waals surface area contributed by atoms with Gasteiger partial charge in [-0.3, -0.25) is 9.59 Å². The molecule has 2 amide bonds. The molecular weight excluding hydrogens is 494 g/mol. The third-order valence-electron chi connectivity index (χ3n) is 5.52. The summed E-state index contributed by atoms with van der Waals surface area (Å²) in [5.41, 5.74) is 0.977. The molecule has 3 rings (SSSR count). The van der Waals surface area contributed by atoms with Gasteiger partial charge in [-0.2, -0.15) is 0 Å². The minimum Gasteiger partial charge on any atom is -0.461 e. The molecule has 0 bridgehead atoms. The van der Waals surface area contributed by atoms with E-state index in [-0.39, 0.29) is 13.2 Å². The third-order valence-corrected chi connectivity index (χ3v) is 6.19. The predicted octanol–water partition coefficient (Wildman–Crippen LogP) is 4.19. The minimum absolute atomic E-state index is 0.0862. The zero-order valence-electron chi connectivity index (χ0n) is 18.7. The van der Waals surface area contributed by atoms with E-state index >= 15 is 0 Å². The molecule has 0 spiro atoms. The van der Waals surface area contributed by atoms with Crippen LogP contribution in [-0.4, -0.2) is 47.2 Å². The average molecular weight is 522 g/mol. The van der Waals surface area contributed by atoms with Gasteiger partial charge in [0.05, 0.1) is 16.4 Å². The number of esters is 1. The van der Waals surface area contributed by atoms with Crippen LogP contribution in [0.25, 0.3) is 0 Å². The second-order valence-corrected chi connectivity index (χ2v) is 8.90. The Labute approximate surface area is 201 Å². The van der Waals surface area contributed by atoms with Crippen molar-refractivity contribution in [3.8, 4) is 0 Å². The van der Waals surface area contributed by atoms with Gasteiger partial charge < -0.3 is 19.0 Å². The number of carbonyl (C=O) groups is 3. The normalized spacial score (nSPS) is 17.5. The van der Waals surface area contributed by atoms with Crippen LogP contribution in [0.3, 0.4) is 0 Å². The second-order valence-electron chi connectivity index (χ2n) is 8.05. The SMILES string of the molecule is CC(=O)OC(c1cc(Br)c(CCCCO)o1)C(C)C(=O)N1C(=O)OCC1Cc1ccccc1. The average Bonchev–Trinajstić information content (AvgIpc) is 3.34. The van der Waals surface area contributed by atoms with Gasteiger partial charge in [-0.1, -0.05) is 30.3 Å². The maximum absolute atomic E-state index is 13.4. The fourth-order valence-corrected chi connectivity index (χ4v) is 4.34. The molecule has 3 unspecified atom stereocenters. The molecule has 1 N–H and O–H groups in total. The molecule has 2 heterocycles. The fraction of sp³-hybridized carbons (Fsp3) is 0.458. The first-order chi connectivity index (χ1) is 15.8. The van der Waals surface area contributed by atoms with Crippen molar-refractivity contribution in [3.63, 3.8) is 0 Å². The number of hydrogen-bond acceptors (Lipinski definition) is 7. The second kappa shape index (κ2) is 11.5. The Morgan fingerprint density at radius 3 is 2.67 bits per heavy atom. The van der Waals surface area contributed by atoms with E-state index in [1.165, 1.54) is 6.92 Å². The first kappa shape index (κ1) is 25.0. The number of nitrogens with zero attached hydrogens (tertiary/aromatic N) is 1. The molecule has 0 aliphatic carbocycles. The Hall–Kier alpha value is -2.65. The number of hydrogen-bond donors (Lipinski definition) is 1. The van der Waals surface area contributed by atoms with Gasteiger partial charge in [-0.25, -0.2) is 9.69 Å². The fourth-order valence-electron chi connectivity index (χ4n) is 3.84. The number of benzene rings is 1. The quantitative estimate of drug-likeness (QED) is 0.369. The zero-order valence-corrected chi connectivity index (χ0v) is 20.2. The predicted molar refractivity (Wildman–Crippen MR) is 122 cm³/mol. The van der Waals surface area contributed by atoms with Gasteiger partial charge >= 0.3 is 12.1 Å². The standard InChI is InChI=1S/C24H28BrNO7/c1-15(22(32-16(2)28)21-13-19(25)20(33-21)10-6-7-11-27)23(29)26-18(14-31-24(26)30)12-17-8-4-3-5-9-17/h3-5,8-9,13,15,18,22,27H,6-7,10-12,14H2,1-2H3. The highest BCUT2D eigenvalue weighted by molar-refractivity contribution is 9.10. The third kappa shape index (κ3) is 6.23. The summed E-state index contributed by atoms with van der Waals surface area (Å²) in [4.78, 5) is 38.8. The van der Waals surface area contributed by atoms with E-state index in [9.17, 15) is 14.4 Å². The number of unbranched alkanes of at least 4 members (excludes halogenated alkanes) is 1. The van der Waals surface area contributed by atoms with Gasteiger partial charge in [0.2, 0.25) is 5.91 Å². The van der Waals surface area contributed by atoms with Crippen molar-refractivity contribution in [2.45, 2.75) is 51.7 Å². The number of aliphatic hydroxyl groups is 1. The van der Waals surface area contributed by atoms with Crippen LogP contribution in [0.15, 0.2) is 45.3 Å². The molecule has 33 heavy (non-hydrogen) atoms. The van der Waals surface area contributed by atoms with Crippen LogP contribution < -0.4 is 0 Å². The van der Waals surface area contributed by atoms with Crippen LogP contribution in [0.4, 0.5) is 4.79 Å². The molecule has 8 nitrogen and oxygen atoms in total. The molecule has 3 atom stereocenters. The van der Waals surface area contributed by atoms with Crippen molar-refractivity contribution in [1.82, 2.24) is 4.90 Å². The summed E-state index contributed by atoms with van der Waals surface area (Å²) >= 11 is 3.45. The van der Waals surface area contributed by atoms with Crippen molar-refractivity contribution in [1.29, 1.82) is 0 Å². The van der Waals surface area contributed by atoms with E-state index in [4.69, 9.17) is 19.0 Å². The summed E-state index contributed by atoms with van der Waals surface area (Å²) in [7, 11) is 0. The number of ether oxygens (including phenoxy) is 2. The lowest BCUT2D eigenvalue weighted by Gasteiger charge is -2.27. The maximum Gasteiger partial charge on any atom is 0.416 e. The lowest BCUT2D eigenvalue weighted by molar-refractivity contribution is -0.154. The Balaban J connectivity index is 1.81. The number of aryl methyl sites for hydroxylation is 1. The van der Waals surface area contributed by atoms with Gasteiger partial charge in [-0.05, 0) is 53.7 Å². The topological polar surface area (TPSA) is 106 Å². The van der Waals surface area contributed by atoms with Gasteiger partial charge in [0.1, 0.15) is 18.1 Å². The van der Waals surface area contributed by atoms with Crippen LogP contribution >= 0.6 is 15.9 Å². The largest absolute Gasteiger partial charge is 0.461 e. The molecule has 0 radical (unpaired) electrons. The van der Waals surface area contributed by atoms with E-state index in [1.807, 2.05) is 30.3 Å². The van der Waals surface area contributed by atoms with Gasteiger partial charge in [0, 0.05) is 20.0 Å². The molecule has 1 aromatic heterocycles. The summed E-state index contributed by atoms with van der Waals surface area (Å²) in [6, 6.07) is 10.8. The van der Waals surface area contributed by atoms with Crippen LogP contribution in [0, 0.1) is 5.92 Å². The van der Waals surface area contributed by atoms with Crippen molar-refractivity contribution in [2.75, 3.05) is 13.2 Å². The Morgan fingerprint density at radius 1 is 1.27 bits per heavy atom. The number of aliphatic hydroxyl groups excluding tert-OH is 1. The molecule has 1 saturated heterocycles. The molecular formula is C24H28BrNO7. The minimum atomic E-state index is -1.01. The summed E-state index contributed by atoms with van der Waals surface area (Å²) in [5, 5.41) is 9.00. The molecule has 9 heteroatoms. The van der Waals surface area contributed by atoms with Gasteiger partial charge in [0.15, 0.2) is 6.10 Å². The summed E-state index contributed by atoms with van der Waals surface area (Å²) in [6.45, 7) is 3.05. The van der Waals surface area contributed by atoms with Crippen LogP contribution in [-0.2, 0) is 31.9 Å². The molecule has 1 aliphatic heterocycles. The lowest BCUT2D eigenvalue weighted by atomic mass is 9.98. The summed E-state index contributed by atoms with van der Waals surface area (Å²) in [5.74, 6) is -1.01. The highest BCUT2D eigenvalue weighted by Gasteiger charge is 2.43. The number of imide groups is 1. The first-order valence-electron chi connectivity index (χ1n) is 10.9. The molecule has 0 saturated carbocycles. The molecule has 1 fully saturated rings. The Kier molecular flexibility index (Phi) is 8.68. The van der Waals surface area contributed by atoms with Crippen molar-refractivity contribution >= 4 is 33.9 Å². The van der Waals surface area contributed by atoms with E-state index in [1.54, 1.807) is 13.0 Å². The Bertz CT molecular complexity index is 974. The number of halogens is 1. The first-order valence-corrected chi connectivity index (χ1v) is 11.7. The van der Waals surface area contributed by atoms with E-state index in [0.717, 1.165) is 16.9 Å². The van der Waals surface area contributed by atoms with Gasteiger partial charge in [-0.15, -0.1) is 0 Å². The number of rotatable bonds is 10. The van der Waals surface area contributed by atoms with Gasteiger partial charge in [0.25, 0.3) is 0 Å². The highest BCUT2D eigenvalue weighted by atomic mass is 79.9. The van der Waals surface area contributed by atoms with E-state index in [0.29, 0.717) is 35.3 Å². The number of cyclic esters (lactones) is 1. The molecule has 1 aromatic carbocycles. The van der Waals surface area contributed by atoms with E-state index in [2.05, 4.69) is 15.9 Å². The monoisotopic (exact) mass is 521 g/mol. The summed E-state index contributed by atoms with van der Waals surface area (Å²) in [6.07, 6.45) is 0.668. The van der Waals surface area contributed by atoms with Crippen LogP contribution in [0.1, 0.15) is 49.9 Å². The van der Waals surface area contributed by atoms with Crippen LogP contribution in [0.5, 0.6) is 0 Å². The zero-order chi connectivity index (χ0) is 24.0. The lowest BCUT2D eigenvalue weighted by Crippen LogP contribution is -2.44. The molecule has 2 aromatic rings. The maximum atomic E-state index is 13.4. The van der Waals surface area contributed by atoms with Crippen molar-refractivity contribution in [2.24, 2.45) is 5.92 Å². The van der Waals surface area contributed by atoms with Crippen molar-refractivity contribution < 1.29 is 33.4 Å². The van der Waals surface area contributed by atoms with Crippen LogP contribution in [0.2, 0.25) is 0 Å². The van der Waals surface area contributed by atoms with E-state index < -0.39 is 36.0 Å². The number of amides is 2. The smallest absolute Gasteiger partial charge is 0.416 e. The Morgan fingerprint density at radius 2 is 2.00 bits per heavy atom. The highest BCUT2D eigenvalue weighted by Crippen LogP contribution is 2.35. The summed E-state index contributed by atoms with van der Waals surface area (Å²) < 4.78 is 17.2. The molecule has 1 aliphatic rings.